The van der Waals surface area contributed by atoms with Crippen LogP contribution in [0.15, 0.2) is 24.3 Å². The second kappa shape index (κ2) is 17.4. The Balaban J connectivity index is 0.000000247. The molecule has 0 aliphatic carbocycles. The summed E-state index contributed by atoms with van der Waals surface area (Å²) in [6.45, 7) is 15.3. The van der Waals surface area contributed by atoms with Gasteiger partial charge in [0.15, 0.2) is 9.95 Å². The highest BCUT2D eigenvalue weighted by Gasteiger charge is 2.22. The number of benzene rings is 2. The fraction of sp³-hybridized carbons (Fsp3) is 0.571. The van der Waals surface area contributed by atoms with Gasteiger partial charge in [0.05, 0.1) is 26.4 Å². The molecular weight excluding hydrogens is 514 g/mol. The van der Waals surface area contributed by atoms with Crippen molar-refractivity contribution in [2.24, 2.45) is 0 Å². The standard InChI is InChI=1S/2C14H20N3O.BFO2/c2*1-3-11-10-14(17-5-7-18-8-6-17)12(4-2)9-13(11)16-15;2-1(3)4/h2*9-10H,3-8H2,1-2H3;/q2*+1;-2. The maximum absolute atomic E-state index is 9.89. The summed E-state index contributed by atoms with van der Waals surface area (Å²) in [6, 6.07) is 8.34. The number of morpholine rings is 2. The van der Waals surface area contributed by atoms with Gasteiger partial charge in [-0.25, -0.2) is 0 Å². The van der Waals surface area contributed by atoms with Gasteiger partial charge in [-0.2, -0.15) is 0 Å². The lowest BCUT2D eigenvalue weighted by molar-refractivity contribution is -0.366. The predicted molar refractivity (Wildman–Crippen MR) is 153 cm³/mol. The maximum atomic E-state index is 9.89. The number of ether oxygens (including phenoxy) is 2. The number of nitrogens with zero attached hydrogens (tertiary/aromatic N) is 6. The van der Waals surface area contributed by atoms with Gasteiger partial charge in [-0.15, -0.1) is 0 Å². The molecule has 4 rings (SSSR count). The molecule has 2 aromatic carbocycles. The molecule has 0 saturated carbocycles. The van der Waals surface area contributed by atoms with Gasteiger partial charge in [0.1, 0.15) is 7.40 Å². The van der Waals surface area contributed by atoms with Crippen LogP contribution in [0.25, 0.3) is 9.95 Å². The Morgan fingerprint density at radius 3 is 1.23 bits per heavy atom. The summed E-state index contributed by atoms with van der Waals surface area (Å²) in [6.07, 6.45) is 3.64. The van der Waals surface area contributed by atoms with Crippen LogP contribution in [0.2, 0.25) is 0 Å². The van der Waals surface area contributed by atoms with Crippen molar-refractivity contribution in [3.63, 3.8) is 0 Å². The van der Waals surface area contributed by atoms with Crippen molar-refractivity contribution in [3.8, 4) is 0 Å². The zero-order valence-corrected chi connectivity index (χ0v) is 24.1. The lowest BCUT2D eigenvalue weighted by Crippen LogP contribution is -2.39. The van der Waals surface area contributed by atoms with E-state index in [1.807, 2.05) is 12.1 Å². The summed E-state index contributed by atoms with van der Waals surface area (Å²) in [5.74, 6) is 0. The number of rotatable bonds is 6. The summed E-state index contributed by atoms with van der Waals surface area (Å²) >= 11 is 0. The predicted octanol–water partition coefficient (Wildman–Crippen LogP) is 3.93. The van der Waals surface area contributed by atoms with Crippen LogP contribution in [0.1, 0.15) is 49.9 Å². The zero-order valence-electron chi connectivity index (χ0n) is 24.1. The summed E-state index contributed by atoms with van der Waals surface area (Å²) in [5.41, 5.74) is 8.60. The summed E-state index contributed by atoms with van der Waals surface area (Å²) in [7, 11) is -3.17. The molecule has 2 aliphatic rings. The van der Waals surface area contributed by atoms with Crippen LogP contribution in [0.3, 0.4) is 0 Å². The number of diazo groups is 2. The number of aryl methyl sites for hydroxylation is 4. The van der Waals surface area contributed by atoms with E-state index in [1.165, 1.54) is 22.5 Å². The minimum atomic E-state index is -3.17. The van der Waals surface area contributed by atoms with Crippen molar-refractivity contribution in [2.75, 3.05) is 62.4 Å². The lowest BCUT2D eigenvalue weighted by atomic mass is 10.0. The molecule has 2 saturated heterocycles. The van der Waals surface area contributed by atoms with Gasteiger partial charge in [-0.3, -0.25) is 0 Å². The van der Waals surface area contributed by atoms with Gasteiger partial charge in [0, 0.05) is 60.8 Å². The van der Waals surface area contributed by atoms with Crippen LogP contribution in [0.4, 0.5) is 27.1 Å². The topological polar surface area (TPSA) is 127 Å². The average Bonchev–Trinajstić information content (AvgIpc) is 3.00. The van der Waals surface area contributed by atoms with Gasteiger partial charge in [0.2, 0.25) is 10.8 Å². The molecule has 0 aromatic heterocycles. The SMILES string of the molecule is CCc1cc(N2CCOCC2)c(CC)cc1[N+]#N.CCc1cc(N2CCOCC2)c(CC)cc1[N+]#N.[O-]B([O-])F. The van der Waals surface area contributed by atoms with E-state index >= 15 is 0 Å². The van der Waals surface area contributed by atoms with Crippen molar-refractivity contribution >= 4 is 30.1 Å². The molecule has 12 heteroatoms. The molecule has 2 heterocycles. The quantitative estimate of drug-likeness (QED) is 0.388. The van der Waals surface area contributed by atoms with Crippen LogP contribution in [-0.4, -0.2) is 60.0 Å². The van der Waals surface area contributed by atoms with Gasteiger partial charge < -0.3 is 33.6 Å². The van der Waals surface area contributed by atoms with Crippen LogP contribution in [0, 0.1) is 10.8 Å². The van der Waals surface area contributed by atoms with Gasteiger partial charge in [-0.05, 0) is 48.9 Å². The van der Waals surface area contributed by atoms with E-state index in [-0.39, 0.29) is 0 Å². The second-order valence-electron chi connectivity index (χ2n) is 9.31. The largest absolute Gasteiger partial charge is 0.867 e. The third kappa shape index (κ3) is 9.42. The molecule has 0 atom stereocenters. The molecule has 216 valence electrons. The van der Waals surface area contributed by atoms with E-state index in [9.17, 15) is 4.32 Å². The first kappa shape index (κ1) is 32.9. The Labute approximate surface area is 237 Å². The number of anilines is 2. The molecule has 0 N–H and O–H groups in total. The third-order valence-electron chi connectivity index (χ3n) is 7.00. The van der Waals surface area contributed by atoms with Crippen LogP contribution >= 0.6 is 0 Å². The van der Waals surface area contributed by atoms with Crippen molar-refractivity contribution in [1.29, 1.82) is 10.8 Å². The van der Waals surface area contributed by atoms with Crippen LogP contribution < -0.4 is 19.8 Å². The van der Waals surface area contributed by atoms with Gasteiger partial charge >= 0.3 is 11.4 Å². The summed E-state index contributed by atoms with van der Waals surface area (Å²) < 4.78 is 20.7. The summed E-state index contributed by atoms with van der Waals surface area (Å²) in [4.78, 5) is 11.5. The van der Waals surface area contributed by atoms with Crippen molar-refractivity contribution in [2.45, 2.75) is 53.4 Å². The van der Waals surface area contributed by atoms with Gasteiger partial charge in [0.25, 0.3) is 0 Å². The monoisotopic (exact) mass is 554 g/mol. The molecule has 0 spiro atoms. The van der Waals surface area contributed by atoms with Crippen LogP contribution in [-0.2, 0) is 35.2 Å². The fourth-order valence-corrected chi connectivity index (χ4v) is 4.84. The van der Waals surface area contributed by atoms with Crippen molar-refractivity contribution in [3.05, 3.63) is 56.5 Å². The molecule has 0 radical (unpaired) electrons. The Kier molecular flexibility index (Phi) is 14.3. The second-order valence-corrected chi connectivity index (χ2v) is 9.31. The highest BCUT2D eigenvalue weighted by atomic mass is 19.1. The third-order valence-corrected chi connectivity index (χ3v) is 7.00. The lowest BCUT2D eigenvalue weighted by Gasteiger charge is -2.30. The molecule has 2 aliphatic heterocycles. The van der Waals surface area contributed by atoms with E-state index in [4.69, 9.17) is 30.3 Å². The number of hydrogen-bond donors (Lipinski definition) is 0. The van der Waals surface area contributed by atoms with E-state index in [0.717, 1.165) is 89.4 Å². The Hall–Kier alpha value is -3.29. The first-order chi connectivity index (χ1) is 19.3. The zero-order chi connectivity index (χ0) is 29.5. The average molecular weight is 554 g/mol. The smallest absolute Gasteiger partial charge is 0.388 e. The Morgan fingerprint density at radius 2 is 0.975 bits per heavy atom. The van der Waals surface area contributed by atoms with E-state index in [0.29, 0.717) is 11.4 Å². The minimum absolute atomic E-state index is 0.700. The number of halogens is 1. The highest BCUT2D eigenvalue weighted by molar-refractivity contribution is 6.27. The molecule has 10 nitrogen and oxygen atoms in total. The molecule has 0 bridgehead atoms. The molecular formula is C28H40BFN6O4. The van der Waals surface area contributed by atoms with Crippen LogP contribution in [0.5, 0.6) is 0 Å². The Morgan fingerprint density at radius 1 is 0.675 bits per heavy atom. The number of hydrogen-bond acceptors (Lipinski definition) is 8. The van der Waals surface area contributed by atoms with E-state index < -0.39 is 7.40 Å². The normalized spacial score (nSPS) is 14.6. The van der Waals surface area contributed by atoms with Gasteiger partial charge in [-0.1, -0.05) is 27.7 Å². The van der Waals surface area contributed by atoms with E-state index in [1.54, 1.807) is 0 Å². The molecule has 2 fully saturated rings. The molecule has 40 heavy (non-hydrogen) atoms. The first-order valence-electron chi connectivity index (χ1n) is 14.0. The summed E-state index contributed by atoms with van der Waals surface area (Å²) in [5, 5.41) is 34.7. The Bertz CT molecular complexity index is 1070. The first-order valence-corrected chi connectivity index (χ1v) is 14.0. The van der Waals surface area contributed by atoms with E-state index in [2.05, 4.69) is 59.6 Å². The molecule has 2 aromatic rings. The minimum Gasteiger partial charge on any atom is -0.867 e. The molecule has 0 amide bonds. The maximum Gasteiger partial charge on any atom is 0.388 e. The van der Waals surface area contributed by atoms with Crippen molar-refractivity contribution < 1.29 is 23.8 Å². The van der Waals surface area contributed by atoms with Crippen molar-refractivity contribution in [1.82, 2.24) is 0 Å². The fourth-order valence-electron chi connectivity index (χ4n) is 4.84. The highest BCUT2D eigenvalue weighted by Crippen LogP contribution is 2.32. The molecule has 0 unspecified atom stereocenters.